The lowest BCUT2D eigenvalue weighted by Crippen LogP contribution is -2.34. The summed E-state index contributed by atoms with van der Waals surface area (Å²) in [6, 6.07) is 11.7. The van der Waals surface area contributed by atoms with Crippen molar-refractivity contribution in [2.75, 3.05) is 36.5 Å². The fourth-order valence-electron chi connectivity index (χ4n) is 3.68. The lowest BCUT2D eigenvalue weighted by Gasteiger charge is -2.18. The van der Waals surface area contributed by atoms with Gasteiger partial charge in [-0.15, -0.1) is 0 Å². The van der Waals surface area contributed by atoms with E-state index in [0.29, 0.717) is 23.9 Å². The molecule has 0 radical (unpaired) electrons. The topological polar surface area (TPSA) is 66.5 Å². The minimum absolute atomic E-state index is 0.143. The van der Waals surface area contributed by atoms with Gasteiger partial charge >= 0.3 is 0 Å². The molecule has 1 aliphatic carbocycles. The van der Waals surface area contributed by atoms with Crippen LogP contribution in [-0.2, 0) is 0 Å². The number of anilines is 2. The highest BCUT2D eigenvalue weighted by Crippen LogP contribution is 2.28. The molecule has 1 aliphatic heterocycles. The van der Waals surface area contributed by atoms with Gasteiger partial charge < -0.3 is 20.3 Å². The standard InChI is InChI=1S/C24H32N4O2/c1-2-3-14-30-22-9-6-19(7-10-22)24(29)27-20-8-11-23(26-16-20)28-13-12-21(17-28)25-15-18-4-5-18/h6-11,16,18,21,25H,2-5,12-15,17H2,1H3,(H,27,29). The van der Waals surface area contributed by atoms with Crippen LogP contribution in [-0.4, -0.2) is 43.2 Å². The van der Waals surface area contributed by atoms with E-state index in [4.69, 9.17) is 4.74 Å². The van der Waals surface area contributed by atoms with Crippen molar-refractivity contribution < 1.29 is 9.53 Å². The fraction of sp³-hybridized carbons (Fsp3) is 0.500. The fourth-order valence-corrected chi connectivity index (χ4v) is 3.68. The van der Waals surface area contributed by atoms with Crippen molar-refractivity contribution in [3.05, 3.63) is 48.2 Å². The summed E-state index contributed by atoms with van der Waals surface area (Å²) in [5.74, 6) is 2.53. The maximum absolute atomic E-state index is 12.5. The zero-order valence-electron chi connectivity index (χ0n) is 17.8. The molecule has 2 fully saturated rings. The SMILES string of the molecule is CCCCOc1ccc(C(=O)Nc2ccc(N3CCC(NCC4CC4)C3)nc2)cc1. The van der Waals surface area contributed by atoms with E-state index in [1.165, 1.54) is 12.8 Å². The summed E-state index contributed by atoms with van der Waals surface area (Å²) in [6.07, 6.45) is 7.79. The number of ether oxygens (including phenoxy) is 1. The van der Waals surface area contributed by atoms with E-state index in [1.54, 1.807) is 18.3 Å². The molecule has 30 heavy (non-hydrogen) atoms. The van der Waals surface area contributed by atoms with Gasteiger partial charge in [0.1, 0.15) is 11.6 Å². The first-order chi connectivity index (χ1) is 14.7. The Morgan fingerprint density at radius 2 is 2.00 bits per heavy atom. The van der Waals surface area contributed by atoms with E-state index in [-0.39, 0.29) is 5.91 Å². The average Bonchev–Trinajstić information content (AvgIpc) is 3.49. The van der Waals surface area contributed by atoms with Crippen molar-refractivity contribution >= 4 is 17.4 Å². The first-order valence-electron chi connectivity index (χ1n) is 11.2. The van der Waals surface area contributed by atoms with Crippen LogP contribution in [0.5, 0.6) is 5.75 Å². The average molecular weight is 409 g/mol. The van der Waals surface area contributed by atoms with Crippen LogP contribution in [0.1, 0.15) is 49.4 Å². The van der Waals surface area contributed by atoms with E-state index < -0.39 is 0 Å². The maximum atomic E-state index is 12.5. The Labute approximate surface area is 179 Å². The molecule has 1 unspecified atom stereocenters. The van der Waals surface area contributed by atoms with Gasteiger partial charge in [-0.1, -0.05) is 13.3 Å². The lowest BCUT2D eigenvalue weighted by atomic mass is 10.2. The Balaban J connectivity index is 1.26. The molecular weight excluding hydrogens is 376 g/mol. The van der Waals surface area contributed by atoms with E-state index in [1.807, 2.05) is 24.3 Å². The number of hydrogen-bond acceptors (Lipinski definition) is 5. The molecule has 1 saturated carbocycles. The molecule has 1 aromatic carbocycles. The Morgan fingerprint density at radius 1 is 1.17 bits per heavy atom. The molecule has 2 aliphatic rings. The van der Waals surface area contributed by atoms with Gasteiger partial charge in [0.05, 0.1) is 18.5 Å². The van der Waals surface area contributed by atoms with Gasteiger partial charge in [0.25, 0.3) is 5.91 Å². The molecule has 6 heteroatoms. The highest BCUT2D eigenvalue weighted by Gasteiger charge is 2.26. The molecule has 1 aromatic heterocycles. The number of carbonyl (C=O) groups is 1. The summed E-state index contributed by atoms with van der Waals surface area (Å²) in [5, 5.41) is 6.60. The minimum atomic E-state index is -0.143. The van der Waals surface area contributed by atoms with Crippen LogP contribution in [0.3, 0.4) is 0 Å². The Kier molecular flexibility index (Phi) is 6.84. The van der Waals surface area contributed by atoms with Gasteiger partial charge in [-0.05, 0) is 74.5 Å². The van der Waals surface area contributed by atoms with Crippen LogP contribution < -0.4 is 20.3 Å². The van der Waals surface area contributed by atoms with Crippen molar-refractivity contribution in [1.29, 1.82) is 0 Å². The van der Waals surface area contributed by atoms with Gasteiger partial charge in [0.2, 0.25) is 0 Å². The van der Waals surface area contributed by atoms with Gasteiger partial charge in [-0.2, -0.15) is 0 Å². The van der Waals surface area contributed by atoms with Crippen molar-refractivity contribution in [2.24, 2.45) is 5.92 Å². The Hall–Kier alpha value is -2.60. The summed E-state index contributed by atoms with van der Waals surface area (Å²) in [4.78, 5) is 19.4. The van der Waals surface area contributed by atoms with Gasteiger partial charge in [-0.3, -0.25) is 4.79 Å². The number of rotatable bonds is 10. The Morgan fingerprint density at radius 3 is 2.70 bits per heavy atom. The number of nitrogens with one attached hydrogen (secondary N) is 2. The van der Waals surface area contributed by atoms with Crippen LogP contribution in [0.4, 0.5) is 11.5 Å². The molecule has 2 heterocycles. The summed E-state index contributed by atoms with van der Waals surface area (Å²) in [7, 11) is 0. The maximum Gasteiger partial charge on any atom is 0.255 e. The van der Waals surface area contributed by atoms with Gasteiger partial charge in [0, 0.05) is 24.7 Å². The molecule has 6 nitrogen and oxygen atoms in total. The Bertz CT molecular complexity index is 818. The molecule has 1 atom stereocenters. The highest BCUT2D eigenvalue weighted by atomic mass is 16.5. The molecule has 1 saturated heterocycles. The van der Waals surface area contributed by atoms with Gasteiger partial charge in [-0.25, -0.2) is 4.98 Å². The zero-order valence-corrected chi connectivity index (χ0v) is 17.8. The molecule has 0 bridgehead atoms. The number of amides is 1. The second kappa shape index (κ2) is 9.94. The van der Waals surface area contributed by atoms with Crippen LogP contribution in [0.15, 0.2) is 42.6 Å². The first-order valence-corrected chi connectivity index (χ1v) is 11.2. The zero-order chi connectivity index (χ0) is 20.8. The largest absolute Gasteiger partial charge is 0.494 e. The third kappa shape index (κ3) is 5.72. The highest BCUT2D eigenvalue weighted by molar-refractivity contribution is 6.04. The third-order valence-corrected chi connectivity index (χ3v) is 5.79. The molecule has 160 valence electrons. The van der Waals surface area contributed by atoms with Crippen LogP contribution in [0.25, 0.3) is 0 Å². The van der Waals surface area contributed by atoms with E-state index in [9.17, 15) is 4.79 Å². The quantitative estimate of drug-likeness (QED) is 0.580. The van der Waals surface area contributed by atoms with Crippen molar-refractivity contribution in [1.82, 2.24) is 10.3 Å². The van der Waals surface area contributed by atoms with Gasteiger partial charge in [0.15, 0.2) is 0 Å². The normalized spacial score (nSPS) is 18.4. The van der Waals surface area contributed by atoms with E-state index in [2.05, 4.69) is 27.4 Å². The number of nitrogens with zero attached hydrogens (tertiary/aromatic N) is 2. The summed E-state index contributed by atoms with van der Waals surface area (Å²) in [5.41, 5.74) is 1.31. The smallest absolute Gasteiger partial charge is 0.255 e. The predicted octanol–water partition coefficient (Wildman–Crippen LogP) is 4.09. The molecule has 2 aromatic rings. The second-order valence-corrected chi connectivity index (χ2v) is 8.37. The van der Waals surface area contributed by atoms with Crippen LogP contribution in [0.2, 0.25) is 0 Å². The monoisotopic (exact) mass is 408 g/mol. The first kappa shape index (κ1) is 20.7. The molecule has 1 amide bonds. The molecular formula is C24H32N4O2. The number of hydrogen-bond donors (Lipinski definition) is 2. The summed E-state index contributed by atoms with van der Waals surface area (Å²) >= 11 is 0. The third-order valence-electron chi connectivity index (χ3n) is 5.79. The number of benzene rings is 1. The summed E-state index contributed by atoms with van der Waals surface area (Å²) in [6.45, 7) is 6.01. The number of pyridine rings is 1. The second-order valence-electron chi connectivity index (χ2n) is 8.37. The van der Waals surface area contributed by atoms with Crippen LogP contribution >= 0.6 is 0 Å². The minimum Gasteiger partial charge on any atom is -0.494 e. The van der Waals surface area contributed by atoms with E-state index in [0.717, 1.165) is 56.4 Å². The van der Waals surface area contributed by atoms with Crippen LogP contribution in [0, 0.1) is 5.92 Å². The predicted molar refractivity (Wildman–Crippen MR) is 120 cm³/mol. The molecule has 4 rings (SSSR count). The number of aromatic nitrogens is 1. The van der Waals surface area contributed by atoms with E-state index >= 15 is 0 Å². The van der Waals surface area contributed by atoms with Crippen molar-refractivity contribution in [3.63, 3.8) is 0 Å². The number of unbranched alkanes of at least 4 members (excludes halogenated alkanes) is 1. The summed E-state index contributed by atoms with van der Waals surface area (Å²) < 4.78 is 5.65. The lowest BCUT2D eigenvalue weighted by molar-refractivity contribution is 0.102. The molecule has 0 spiro atoms. The molecule has 2 N–H and O–H groups in total. The number of carbonyl (C=O) groups excluding carboxylic acids is 1. The van der Waals surface area contributed by atoms with Crippen molar-refractivity contribution in [3.8, 4) is 5.75 Å². The van der Waals surface area contributed by atoms with Crippen molar-refractivity contribution in [2.45, 2.75) is 45.1 Å².